The number of pyridine rings is 1. The highest BCUT2D eigenvalue weighted by atomic mass is 35.5. The third-order valence-electron chi connectivity index (χ3n) is 5.29. The number of aromatic nitrogens is 3. The lowest BCUT2D eigenvalue weighted by atomic mass is 9.93. The molecule has 5 nitrogen and oxygen atoms in total. The largest absolute Gasteiger partial charge is 0.362 e. The van der Waals surface area contributed by atoms with E-state index in [1.807, 2.05) is 61.0 Å². The van der Waals surface area contributed by atoms with E-state index in [1.54, 1.807) is 24.8 Å². The molecular weight excluding hydrogens is 479 g/mol. The van der Waals surface area contributed by atoms with E-state index < -0.39 is 6.10 Å². The van der Waals surface area contributed by atoms with Crippen LogP contribution in [-0.2, 0) is 18.4 Å². The molecule has 168 valence electrons. The van der Waals surface area contributed by atoms with Crippen molar-refractivity contribution in [2.75, 3.05) is 0 Å². The van der Waals surface area contributed by atoms with Crippen LogP contribution in [0.1, 0.15) is 34.1 Å². The topological polar surface area (TPSA) is 63.7 Å². The Morgan fingerprint density at radius 1 is 1.09 bits per heavy atom. The van der Waals surface area contributed by atoms with Crippen molar-refractivity contribution in [2.45, 2.75) is 19.6 Å². The minimum absolute atomic E-state index is 0. The summed E-state index contributed by atoms with van der Waals surface area (Å²) in [5.41, 5.74) is 6.21. The van der Waals surface area contributed by atoms with Crippen molar-refractivity contribution in [3.8, 4) is 17.2 Å². The first-order chi connectivity index (χ1) is 15.5. The zero-order valence-corrected chi connectivity index (χ0v) is 20.3. The van der Waals surface area contributed by atoms with E-state index >= 15 is 0 Å². The molecule has 8 heteroatoms. The van der Waals surface area contributed by atoms with Crippen LogP contribution in [0.4, 0.5) is 0 Å². The monoisotopic (exact) mass is 498 g/mol. The first-order valence-corrected chi connectivity index (χ1v) is 10.7. The fourth-order valence-electron chi connectivity index (χ4n) is 3.61. The number of benzene rings is 2. The predicted octanol–water partition coefficient (Wildman–Crippen LogP) is 6.70. The number of hydrogen-bond donors (Lipinski definition) is 0. The summed E-state index contributed by atoms with van der Waals surface area (Å²) in [6.07, 6.45) is 4.75. The van der Waals surface area contributed by atoms with Gasteiger partial charge in [0.15, 0.2) is 0 Å². The molecule has 2 heterocycles. The van der Waals surface area contributed by atoms with Crippen molar-refractivity contribution in [2.24, 2.45) is 7.05 Å². The molecule has 0 N–H and O–H groups in total. The highest BCUT2D eigenvalue weighted by molar-refractivity contribution is 6.41. The van der Waals surface area contributed by atoms with Gasteiger partial charge in [0.05, 0.1) is 41.5 Å². The number of ether oxygens (including phenoxy) is 1. The van der Waals surface area contributed by atoms with E-state index in [2.05, 4.69) is 16.0 Å². The molecule has 1 unspecified atom stereocenters. The van der Waals surface area contributed by atoms with Crippen LogP contribution >= 0.6 is 35.6 Å². The Morgan fingerprint density at radius 3 is 2.55 bits per heavy atom. The number of hydrogen-bond acceptors (Lipinski definition) is 4. The van der Waals surface area contributed by atoms with Crippen LogP contribution in [0.15, 0.2) is 67.3 Å². The van der Waals surface area contributed by atoms with E-state index in [1.165, 1.54) is 0 Å². The van der Waals surface area contributed by atoms with Gasteiger partial charge in [0, 0.05) is 18.8 Å². The molecule has 4 aromatic rings. The van der Waals surface area contributed by atoms with E-state index in [0.717, 1.165) is 33.5 Å². The second kappa shape index (κ2) is 10.8. The number of halogens is 3. The summed E-state index contributed by atoms with van der Waals surface area (Å²) < 4.78 is 8.26. The minimum Gasteiger partial charge on any atom is -0.362 e. The third-order valence-corrected chi connectivity index (χ3v) is 5.98. The molecular formula is C25H21Cl3N4O. The van der Waals surface area contributed by atoms with Crippen molar-refractivity contribution >= 4 is 35.6 Å². The van der Waals surface area contributed by atoms with Gasteiger partial charge in [-0.1, -0.05) is 53.5 Å². The van der Waals surface area contributed by atoms with Crippen molar-refractivity contribution in [3.63, 3.8) is 0 Å². The van der Waals surface area contributed by atoms with Crippen molar-refractivity contribution < 1.29 is 4.74 Å². The molecule has 0 amide bonds. The summed E-state index contributed by atoms with van der Waals surface area (Å²) in [4.78, 5) is 8.35. The Labute approximate surface area is 209 Å². The highest BCUT2D eigenvalue weighted by Gasteiger charge is 2.21. The molecule has 0 fully saturated rings. The van der Waals surface area contributed by atoms with E-state index in [-0.39, 0.29) is 24.2 Å². The first kappa shape index (κ1) is 24.8. The van der Waals surface area contributed by atoms with Crippen LogP contribution in [0.25, 0.3) is 11.1 Å². The van der Waals surface area contributed by atoms with Gasteiger partial charge in [-0.15, -0.1) is 12.4 Å². The van der Waals surface area contributed by atoms with Gasteiger partial charge in [-0.25, -0.2) is 9.97 Å². The molecule has 0 saturated carbocycles. The van der Waals surface area contributed by atoms with Crippen LogP contribution < -0.4 is 0 Å². The lowest BCUT2D eigenvalue weighted by Gasteiger charge is -2.21. The average Bonchev–Trinajstić information content (AvgIpc) is 3.22. The van der Waals surface area contributed by atoms with Gasteiger partial charge in [0.1, 0.15) is 11.3 Å². The lowest BCUT2D eigenvalue weighted by molar-refractivity contribution is 0.0620. The Hall–Kier alpha value is -2.88. The third kappa shape index (κ3) is 5.38. The second-order valence-electron chi connectivity index (χ2n) is 7.47. The number of rotatable bonds is 6. The van der Waals surface area contributed by atoms with Crippen molar-refractivity contribution in [1.82, 2.24) is 14.5 Å². The van der Waals surface area contributed by atoms with Crippen LogP contribution in [0, 0.1) is 18.3 Å². The smallest absolute Gasteiger partial charge is 0.147 e. The average molecular weight is 500 g/mol. The van der Waals surface area contributed by atoms with Gasteiger partial charge < -0.3 is 9.30 Å². The molecule has 2 aromatic carbocycles. The fourth-order valence-corrected chi connectivity index (χ4v) is 3.90. The molecule has 0 bridgehead atoms. The van der Waals surface area contributed by atoms with Crippen molar-refractivity contribution in [3.05, 3.63) is 105 Å². The first-order valence-electron chi connectivity index (χ1n) is 9.95. The van der Waals surface area contributed by atoms with Gasteiger partial charge in [0.2, 0.25) is 0 Å². The molecule has 0 radical (unpaired) electrons. The zero-order valence-electron chi connectivity index (χ0n) is 18.0. The molecule has 0 saturated heterocycles. The van der Waals surface area contributed by atoms with Gasteiger partial charge in [0.25, 0.3) is 0 Å². The van der Waals surface area contributed by atoms with Crippen LogP contribution in [0.5, 0.6) is 0 Å². The highest BCUT2D eigenvalue weighted by Crippen LogP contribution is 2.33. The summed E-state index contributed by atoms with van der Waals surface area (Å²) in [5.74, 6) is 0. The van der Waals surface area contributed by atoms with Crippen LogP contribution in [0.2, 0.25) is 10.2 Å². The SMILES string of the molecule is Cc1ccccc1-c1cc(C(OCc2cnc(Cl)c(Cl)c2)c2cncn2C)ccc1C#N.Cl. The Bertz CT molecular complexity index is 1310. The summed E-state index contributed by atoms with van der Waals surface area (Å²) in [6.45, 7) is 2.31. The van der Waals surface area contributed by atoms with Gasteiger partial charge >= 0.3 is 0 Å². The maximum absolute atomic E-state index is 9.70. The van der Waals surface area contributed by atoms with Gasteiger partial charge in [-0.05, 0) is 47.4 Å². The summed E-state index contributed by atoms with van der Waals surface area (Å²) in [6, 6.07) is 17.9. The normalized spacial score (nSPS) is 11.5. The number of aryl methyl sites for hydroxylation is 2. The van der Waals surface area contributed by atoms with E-state index in [9.17, 15) is 5.26 Å². The van der Waals surface area contributed by atoms with Crippen molar-refractivity contribution in [1.29, 1.82) is 5.26 Å². The molecule has 2 aromatic heterocycles. The lowest BCUT2D eigenvalue weighted by Crippen LogP contribution is -2.11. The predicted molar refractivity (Wildman–Crippen MR) is 133 cm³/mol. The summed E-state index contributed by atoms with van der Waals surface area (Å²) >= 11 is 12.0. The molecule has 0 spiro atoms. The Morgan fingerprint density at radius 2 is 1.88 bits per heavy atom. The molecule has 0 aliphatic carbocycles. The van der Waals surface area contributed by atoms with E-state index in [4.69, 9.17) is 27.9 Å². The maximum atomic E-state index is 9.70. The number of nitriles is 1. The van der Waals surface area contributed by atoms with E-state index in [0.29, 0.717) is 10.6 Å². The summed E-state index contributed by atoms with van der Waals surface area (Å²) in [7, 11) is 1.92. The molecule has 0 aliphatic rings. The molecule has 0 aliphatic heterocycles. The molecule has 4 rings (SSSR count). The molecule has 1 atom stereocenters. The number of nitrogens with zero attached hydrogens (tertiary/aromatic N) is 4. The van der Waals surface area contributed by atoms with Gasteiger partial charge in [-0.2, -0.15) is 5.26 Å². The maximum Gasteiger partial charge on any atom is 0.147 e. The Kier molecular flexibility index (Phi) is 8.12. The number of imidazole rings is 1. The second-order valence-corrected chi connectivity index (χ2v) is 8.23. The summed E-state index contributed by atoms with van der Waals surface area (Å²) in [5, 5.41) is 10.3. The minimum atomic E-state index is -0.410. The van der Waals surface area contributed by atoms with Gasteiger partial charge in [-0.3, -0.25) is 0 Å². The zero-order chi connectivity index (χ0) is 22.7. The fraction of sp³-hybridized carbons (Fsp3) is 0.160. The Balaban J connectivity index is 0.00000306. The van der Waals surface area contributed by atoms with Crippen LogP contribution in [-0.4, -0.2) is 14.5 Å². The molecule has 33 heavy (non-hydrogen) atoms. The van der Waals surface area contributed by atoms with Crippen LogP contribution in [0.3, 0.4) is 0 Å². The quantitative estimate of drug-likeness (QED) is 0.277. The standard InChI is InChI=1S/C25H20Cl2N4O.ClH/c1-16-5-3-4-6-20(16)21-10-18(7-8-19(21)11-28)24(23-13-29-15-31(23)2)32-14-17-9-22(26)25(27)30-12-17;/h3-10,12-13,15,24H,14H2,1-2H3;1H.